The lowest BCUT2D eigenvalue weighted by Gasteiger charge is -2.41. The minimum absolute atomic E-state index is 0.0452. The van der Waals surface area contributed by atoms with E-state index in [1.807, 2.05) is 33.7 Å². The third kappa shape index (κ3) is 5.35. The van der Waals surface area contributed by atoms with Crippen LogP contribution in [0, 0.1) is 5.41 Å². The van der Waals surface area contributed by atoms with Crippen molar-refractivity contribution in [1.82, 2.24) is 19.2 Å². The molecule has 0 radical (unpaired) electrons. The van der Waals surface area contributed by atoms with Crippen LogP contribution in [0.15, 0.2) is 29.1 Å². The number of nitrogens with one attached hydrogen (secondary N) is 1. The smallest absolute Gasteiger partial charge is 0.345 e. The van der Waals surface area contributed by atoms with E-state index in [-0.39, 0.29) is 22.9 Å². The molecule has 0 bridgehead atoms. The van der Waals surface area contributed by atoms with Gasteiger partial charge in [0.25, 0.3) is 0 Å². The van der Waals surface area contributed by atoms with E-state index in [0.29, 0.717) is 26.1 Å². The van der Waals surface area contributed by atoms with E-state index in [2.05, 4.69) is 10.4 Å². The molecule has 0 atom stereocenters. The number of hydrogen-bond donors (Lipinski definition) is 1. The Bertz CT molecular complexity index is 1050. The van der Waals surface area contributed by atoms with E-state index in [4.69, 9.17) is 4.74 Å². The van der Waals surface area contributed by atoms with Crippen molar-refractivity contribution < 1.29 is 14.3 Å². The molecule has 1 aromatic carbocycles. The Morgan fingerprint density at radius 2 is 1.79 bits per heavy atom. The SMILES string of the molecule is COCCn1nc2n(c1=O)CCC1(CC2)CCN(C(=O)Cc2ccc(NC(C)=O)cc2)CC1. The standard InChI is InChI=1S/C24H33N5O4/c1-18(30)25-20-5-3-19(4-6-20)17-22(31)27-12-9-24(10-13-27)8-7-21-26-29(15-16-33-2)23(32)28(21)14-11-24/h3-6H,7-17H2,1-2H3,(H,25,30). The molecule has 2 aliphatic rings. The molecule has 3 heterocycles. The van der Waals surface area contributed by atoms with E-state index in [0.717, 1.165) is 62.3 Å². The van der Waals surface area contributed by atoms with Crippen molar-refractivity contribution in [2.24, 2.45) is 5.41 Å². The largest absolute Gasteiger partial charge is 0.383 e. The Morgan fingerprint density at radius 1 is 1.09 bits per heavy atom. The van der Waals surface area contributed by atoms with Crippen LogP contribution in [-0.4, -0.2) is 57.9 Å². The first-order valence-electron chi connectivity index (χ1n) is 11.7. The van der Waals surface area contributed by atoms with E-state index in [1.54, 1.807) is 7.11 Å². The molecular weight excluding hydrogens is 422 g/mol. The van der Waals surface area contributed by atoms with E-state index >= 15 is 0 Å². The minimum Gasteiger partial charge on any atom is -0.383 e. The number of likely N-dealkylation sites (tertiary alicyclic amines) is 1. The Kier molecular flexibility index (Phi) is 6.97. The summed E-state index contributed by atoms with van der Waals surface area (Å²) in [5.74, 6) is 0.897. The molecular formula is C24H33N5O4. The summed E-state index contributed by atoms with van der Waals surface area (Å²) >= 11 is 0. The van der Waals surface area contributed by atoms with Gasteiger partial charge in [0.2, 0.25) is 11.8 Å². The first-order chi connectivity index (χ1) is 15.9. The Labute approximate surface area is 193 Å². The molecule has 0 saturated carbocycles. The fourth-order valence-electron chi connectivity index (χ4n) is 5.00. The highest BCUT2D eigenvalue weighted by atomic mass is 16.5. The predicted octanol–water partition coefficient (Wildman–Crippen LogP) is 1.84. The van der Waals surface area contributed by atoms with Crippen LogP contribution in [0.1, 0.15) is 44.0 Å². The zero-order valence-electron chi connectivity index (χ0n) is 19.5. The number of methoxy groups -OCH3 is 1. The first-order valence-corrected chi connectivity index (χ1v) is 11.7. The van der Waals surface area contributed by atoms with Gasteiger partial charge in [-0.1, -0.05) is 12.1 Å². The third-order valence-corrected chi connectivity index (χ3v) is 7.06. The topological polar surface area (TPSA) is 98.5 Å². The highest BCUT2D eigenvalue weighted by Crippen LogP contribution is 2.41. The molecule has 1 spiro atoms. The van der Waals surface area contributed by atoms with Gasteiger partial charge in [-0.25, -0.2) is 9.48 Å². The maximum Gasteiger partial charge on any atom is 0.345 e. The zero-order valence-corrected chi connectivity index (χ0v) is 19.5. The lowest BCUT2D eigenvalue weighted by molar-refractivity contribution is -0.133. The summed E-state index contributed by atoms with van der Waals surface area (Å²) in [7, 11) is 1.62. The Morgan fingerprint density at radius 3 is 2.45 bits per heavy atom. The fourth-order valence-corrected chi connectivity index (χ4v) is 5.00. The second kappa shape index (κ2) is 9.91. The van der Waals surface area contributed by atoms with Crippen LogP contribution in [0.5, 0.6) is 0 Å². The van der Waals surface area contributed by atoms with Gasteiger partial charge in [-0.3, -0.25) is 14.2 Å². The number of rotatable bonds is 6. The van der Waals surface area contributed by atoms with Gasteiger partial charge in [0.15, 0.2) is 0 Å². The number of benzene rings is 1. The summed E-state index contributed by atoms with van der Waals surface area (Å²) in [6.07, 6.45) is 5.03. The number of carbonyl (C=O) groups is 2. The molecule has 2 aliphatic heterocycles. The van der Waals surface area contributed by atoms with Crippen molar-refractivity contribution in [2.75, 3.05) is 32.1 Å². The fraction of sp³-hybridized carbons (Fsp3) is 0.583. The molecule has 178 valence electrons. The van der Waals surface area contributed by atoms with Crippen molar-refractivity contribution in [1.29, 1.82) is 0 Å². The van der Waals surface area contributed by atoms with Crippen LogP contribution >= 0.6 is 0 Å². The van der Waals surface area contributed by atoms with Crippen LogP contribution in [0.3, 0.4) is 0 Å². The number of piperidine rings is 1. The van der Waals surface area contributed by atoms with Crippen molar-refractivity contribution >= 4 is 17.5 Å². The molecule has 9 heteroatoms. The van der Waals surface area contributed by atoms with Crippen molar-refractivity contribution in [3.8, 4) is 0 Å². The van der Waals surface area contributed by atoms with Gasteiger partial charge in [0.1, 0.15) is 5.82 Å². The van der Waals surface area contributed by atoms with Crippen LogP contribution in [0.25, 0.3) is 0 Å². The van der Waals surface area contributed by atoms with Gasteiger partial charge in [-0.15, -0.1) is 0 Å². The number of amides is 2. The van der Waals surface area contributed by atoms with Crippen LogP contribution in [-0.2, 0) is 40.3 Å². The molecule has 1 aromatic heterocycles. The summed E-state index contributed by atoms with van der Waals surface area (Å²) in [4.78, 5) is 38.6. The summed E-state index contributed by atoms with van der Waals surface area (Å²) in [5, 5.41) is 7.28. The van der Waals surface area contributed by atoms with Gasteiger partial charge in [0, 0.05) is 45.8 Å². The lowest BCUT2D eigenvalue weighted by Crippen LogP contribution is -2.44. The number of ether oxygens (including phenoxy) is 1. The highest BCUT2D eigenvalue weighted by molar-refractivity contribution is 5.88. The lowest BCUT2D eigenvalue weighted by atomic mass is 9.72. The number of fused-ring (bicyclic) bond motifs is 1. The highest BCUT2D eigenvalue weighted by Gasteiger charge is 2.37. The third-order valence-electron chi connectivity index (χ3n) is 7.06. The number of aromatic nitrogens is 3. The number of aryl methyl sites for hydroxylation is 1. The molecule has 0 aliphatic carbocycles. The summed E-state index contributed by atoms with van der Waals surface area (Å²) in [6, 6.07) is 7.43. The molecule has 1 N–H and O–H groups in total. The average molecular weight is 456 g/mol. The molecule has 1 fully saturated rings. The Balaban J connectivity index is 1.31. The summed E-state index contributed by atoms with van der Waals surface area (Å²) < 4.78 is 8.42. The maximum atomic E-state index is 12.9. The predicted molar refractivity (Wildman–Crippen MR) is 124 cm³/mol. The second-order valence-electron chi connectivity index (χ2n) is 9.25. The van der Waals surface area contributed by atoms with Gasteiger partial charge in [0.05, 0.1) is 19.6 Å². The average Bonchev–Trinajstić information content (AvgIpc) is 2.99. The van der Waals surface area contributed by atoms with E-state index in [9.17, 15) is 14.4 Å². The molecule has 2 aromatic rings. The number of nitrogens with zero attached hydrogens (tertiary/aromatic N) is 4. The van der Waals surface area contributed by atoms with Gasteiger partial charge in [-0.2, -0.15) is 5.10 Å². The molecule has 2 amide bonds. The van der Waals surface area contributed by atoms with Crippen molar-refractivity contribution in [3.63, 3.8) is 0 Å². The molecule has 4 rings (SSSR count). The summed E-state index contributed by atoms with van der Waals surface area (Å²) in [6.45, 7) is 4.63. The maximum absolute atomic E-state index is 12.9. The monoisotopic (exact) mass is 455 g/mol. The van der Waals surface area contributed by atoms with Crippen LogP contribution in [0.2, 0.25) is 0 Å². The van der Waals surface area contributed by atoms with E-state index in [1.165, 1.54) is 11.6 Å². The quantitative estimate of drug-likeness (QED) is 0.717. The molecule has 9 nitrogen and oxygen atoms in total. The van der Waals surface area contributed by atoms with Gasteiger partial charge >= 0.3 is 5.69 Å². The minimum atomic E-state index is -0.111. The zero-order chi connectivity index (χ0) is 23.4. The van der Waals surface area contributed by atoms with Crippen molar-refractivity contribution in [2.45, 2.75) is 58.5 Å². The molecule has 0 unspecified atom stereocenters. The Hall–Kier alpha value is -2.94. The van der Waals surface area contributed by atoms with Gasteiger partial charge in [-0.05, 0) is 48.8 Å². The number of hydrogen-bond acceptors (Lipinski definition) is 5. The van der Waals surface area contributed by atoms with Crippen LogP contribution < -0.4 is 11.0 Å². The first kappa shape index (κ1) is 23.2. The number of carbonyl (C=O) groups excluding carboxylic acids is 2. The van der Waals surface area contributed by atoms with Gasteiger partial charge < -0.3 is 15.0 Å². The van der Waals surface area contributed by atoms with E-state index < -0.39 is 0 Å². The molecule has 33 heavy (non-hydrogen) atoms. The van der Waals surface area contributed by atoms with Crippen LogP contribution in [0.4, 0.5) is 5.69 Å². The number of anilines is 1. The summed E-state index contributed by atoms with van der Waals surface area (Å²) in [5.41, 5.74) is 1.80. The van der Waals surface area contributed by atoms with Crippen molar-refractivity contribution in [3.05, 3.63) is 46.1 Å². The normalized spacial score (nSPS) is 17.5. The molecule has 1 saturated heterocycles. The second-order valence-corrected chi connectivity index (χ2v) is 9.25.